The molecule has 1 saturated carbocycles. The zero-order valence-electron chi connectivity index (χ0n) is 13.1. The van der Waals surface area contributed by atoms with Gasteiger partial charge in [-0.3, -0.25) is 4.90 Å². The average Bonchev–Trinajstić information content (AvgIpc) is 3.17. The van der Waals surface area contributed by atoms with Crippen molar-refractivity contribution in [1.29, 1.82) is 0 Å². The lowest BCUT2D eigenvalue weighted by atomic mass is 10.1. The van der Waals surface area contributed by atoms with Crippen LogP contribution in [0.4, 0.5) is 5.82 Å². The van der Waals surface area contributed by atoms with Gasteiger partial charge in [-0.05, 0) is 39.0 Å². The highest BCUT2D eigenvalue weighted by molar-refractivity contribution is 5.51. The van der Waals surface area contributed by atoms with Gasteiger partial charge in [-0.15, -0.1) is 0 Å². The zero-order chi connectivity index (χ0) is 14.2. The maximum absolute atomic E-state index is 4.63. The molecular weight excluding hydrogens is 260 g/mol. The molecule has 0 spiro atoms. The number of aryl methyl sites for hydroxylation is 1. The number of nitrogens with zero attached hydrogens (tertiary/aromatic N) is 4. The minimum atomic E-state index is 0.647. The topological polar surface area (TPSA) is 32.3 Å². The molecule has 0 aromatic carbocycles. The molecule has 4 nitrogen and oxygen atoms in total. The fraction of sp³-hybridized carbons (Fsp3) is 0.765. The first-order valence-corrected chi connectivity index (χ1v) is 8.66. The van der Waals surface area contributed by atoms with Gasteiger partial charge in [0, 0.05) is 43.0 Å². The lowest BCUT2D eigenvalue weighted by molar-refractivity contribution is 0.130. The average molecular weight is 286 g/mol. The van der Waals surface area contributed by atoms with Crippen LogP contribution in [-0.2, 0) is 12.8 Å². The van der Waals surface area contributed by atoms with Crippen LogP contribution >= 0.6 is 0 Å². The van der Waals surface area contributed by atoms with Crippen LogP contribution in [-0.4, -0.2) is 46.6 Å². The highest BCUT2D eigenvalue weighted by Gasteiger charge is 2.32. The van der Waals surface area contributed by atoms with Crippen molar-refractivity contribution < 1.29 is 0 Å². The van der Waals surface area contributed by atoms with E-state index in [9.17, 15) is 0 Å². The smallest absolute Gasteiger partial charge is 0.135 e. The van der Waals surface area contributed by atoms with Crippen LogP contribution in [0, 0.1) is 0 Å². The zero-order valence-corrected chi connectivity index (χ0v) is 13.1. The van der Waals surface area contributed by atoms with Crippen molar-refractivity contribution in [2.24, 2.45) is 0 Å². The predicted molar refractivity (Wildman–Crippen MR) is 84.7 cm³/mol. The minimum Gasteiger partial charge on any atom is -0.353 e. The number of fused-ring (bicyclic) bond motifs is 1. The van der Waals surface area contributed by atoms with Crippen molar-refractivity contribution in [2.45, 2.75) is 64.0 Å². The molecule has 1 aromatic heterocycles. The molecule has 114 valence electrons. The second kappa shape index (κ2) is 5.56. The van der Waals surface area contributed by atoms with Gasteiger partial charge in [-0.1, -0.05) is 12.8 Å². The molecule has 1 unspecified atom stereocenters. The maximum atomic E-state index is 4.63. The molecule has 0 bridgehead atoms. The van der Waals surface area contributed by atoms with Crippen LogP contribution in [0.3, 0.4) is 0 Å². The van der Waals surface area contributed by atoms with Gasteiger partial charge in [-0.25, -0.2) is 9.97 Å². The summed E-state index contributed by atoms with van der Waals surface area (Å²) in [5, 5.41) is 0. The fourth-order valence-electron chi connectivity index (χ4n) is 4.56. The van der Waals surface area contributed by atoms with E-state index in [0.717, 1.165) is 25.6 Å². The highest BCUT2D eigenvalue weighted by atomic mass is 15.3. The molecule has 2 fully saturated rings. The first-order chi connectivity index (χ1) is 10.3. The Morgan fingerprint density at radius 2 is 1.90 bits per heavy atom. The predicted octanol–water partition coefficient (Wildman–Crippen LogP) is 2.42. The van der Waals surface area contributed by atoms with E-state index in [4.69, 9.17) is 0 Å². The number of rotatable bonds is 2. The maximum Gasteiger partial charge on any atom is 0.135 e. The molecule has 4 rings (SSSR count). The van der Waals surface area contributed by atoms with Crippen LogP contribution in [0.25, 0.3) is 0 Å². The van der Waals surface area contributed by atoms with Gasteiger partial charge in [0.15, 0.2) is 0 Å². The van der Waals surface area contributed by atoms with E-state index < -0.39 is 0 Å². The third kappa shape index (κ3) is 2.44. The molecule has 0 N–H and O–H groups in total. The summed E-state index contributed by atoms with van der Waals surface area (Å²) in [5.74, 6) is 1.23. The van der Waals surface area contributed by atoms with E-state index in [0.29, 0.717) is 6.04 Å². The van der Waals surface area contributed by atoms with E-state index >= 15 is 0 Å². The Balaban J connectivity index is 1.50. The number of hydrogen-bond acceptors (Lipinski definition) is 4. The summed E-state index contributed by atoms with van der Waals surface area (Å²) in [4.78, 5) is 14.4. The summed E-state index contributed by atoms with van der Waals surface area (Å²) < 4.78 is 0. The van der Waals surface area contributed by atoms with Crippen molar-refractivity contribution in [2.75, 3.05) is 24.5 Å². The molecule has 1 saturated heterocycles. The molecule has 4 heteroatoms. The second-order valence-corrected chi connectivity index (χ2v) is 6.95. The van der Waals surface area contributed by atoms with Crippen molar-refractivity contribution in [3.8, 4) is 0 Å². The standard InChI is InChI=1S/C17H26N4/c1-13-11-20(9-10-21(13)14-5-2-3-6-14)17-15-7-4-8-16(15)18-12-19-17/h12-14H,2-11H2,1H3. The Morgan fingerprint density at radius 3 is 2.71 bits per heavy atom. The molecular formula is C17H26N4. The van der Waals surface area contributed by atoms with Crippen molar-refractivity contribution in [3.05, 3.63) is 17.6 Å². The van der Waals surface area contributed by atoms with Crippen LogP contribution in [0.2, 0.25) is 0 Å². The number of piperazine rings is 1. The molecule has 0 radical (unpaired) electrons. The van der Waals surface area contributed by atoms with E-state index in [2.05, 4.69) is 26.7 Å². The van der Waals surface area contributed by atoms with E-state index in [1.807, 2.05) is 0 Å². The van der Waals surface area contributed by atoms with Gasteiger partial charge in [0.05, 0.1) is 0 Å². The van der Waals surface area contributed by atoms with Gasteiger partial charge in [0.25, 0.3) is 0 Å². The van der Waals surface area contributed by atoms with Crippen LogP contribution in [0.15, 0.2) is 6.33 Å². The second-order valence-electron chi connectivity index (χ2n) is 6.95. The first-order valence-electron chi connectivity index (χ1n) is 8.66. The van der Waals surface area contributed by atoms with Gasteiger partial charge >= 0.3 is 0 Å². The first kappa shape index (κ1) is 13.5. The summed E-state index contributed by atoms with van der Waals surface area (Å²) in [6.45, 7) is 5.85. The van der Waals surface area contributed by atoms with Crippen molar-refractivity contribution >= 4 is 5.82 Å². The van der Waals surface area contributed by atoms with Crippen molar-refractivity contribution in [3.63, 3.8) is 0 Å². The molecule has 21 heavy (non-hydrogen) atoms. The summed E-state index contributed by atoms with van der Waals surface area (Å²) >= 11 is 0. The minimum absolute atomic E-state index is 0.647. The van der Waals surface area contributed by atoms with Crippen LogP contribution in [0.1, 0.15) is 50.3 Å². The highest BCUT2D eigenvalue weighted by Crippen LogP contribution is 2.31. The van der Waals surface area contributed by atoms with Crippen LogP contribution in [0.5, 0.6) is 0 Å². The summed E-state index contributed by atoms with van der Waals surface area (Å²) in [5.41, 5.74) is 2.73. The lowest BCUT2D eigenvalue weighted by Gasteiger charge is -2.43. The number of anilines is 1. The van der Waals surface area contributed by atoms with E-state index in [1.54, 1.807) is 6.33 Å². The molecule has 1 aliphatic heterocycles. The normalized spacial score (nSPS) is 27.3. The largest absolute Gasteiger partial charge is 0.353 e. The molecule has 1 aromatic rings. The van der Waals surface area contributed by atoms with Gasteiger partial charge in [0.1, 0.15) is 12.1 Å². The van der Waals surface area contributed by atoms with Gasteiger partial charge in [-0.2, -0.15) is 0 Å². The molecule has 1 atom stereocenters. The van der Waals surface area contributed by atoms with Crippen molar-refractivity contribution in [1.82, 2.24) is 14.9 Å². The Bertz CT molecular complexity index is 510. The SMILES string of the molecule is CC1CN(c2ncnc3c2CCC3)CCN1C1CCCC1. The molecule has 2 aliphatic carbocycles. The molecule has 2 heterocycles. The quantitative estimate of drug-likeness (QED) is 0.836. The van der Waals surface area contributed by atoms with Gasteiger partial charge < -0.3 is 4.90 Å². The lowest BCUT2D eigenvalue weighted by Crippen LogP contribution is -2.55. The Morgan fingerprint density at radius 1 is 1.05 bits per heavy atom. The Labute approximate surface area is 127 Å². The molecule has 0 amide bonds. The number of hydrogen-bond donors (Lipinski definition) is 0. The van der Waals surface area contributed by atoms with E-state index in [1.165, 1.54) is 62.1 Å². The monoisotopic (exact) mass is 286 g/mol. The number of aromatic nitrogens is 2. The van der Waals surface area contributed by atoms with Gasteiger partial charge in [0.2, 0.25) is 0 Å². The summed E-state index contributed by atoms with van der Waals surface area (Å²) in [6.07, 6.45) is 11.0. The summed E-state index contributed by atoms with van der Waals surface area (Å²) in [6, 6.07) is 1.49. The third-order valence-corrected chi connectivity index (χ3v) is 5.62. The fourth-order valence-corrected chi connectivity index (χ4v) is 4.56. The molecule has 3 aliphatic rings. The Kier molecular flexibility index (Phi) is 3.57. The van der Waals surface area contributed by atoms with Crippen LogP contribution < -0.4 is 4.90 Å². The Hall–Kier alpha value is -1.16. The summed E-state index contributed by atoms with van der Waals surface area (Å²) in [7, 11) is 0. The third-order valence-electron chi connectivity index (χ3n) is 5.62. The van der Waals surface area contributed by atoms with E-state index in [-0.39, 0.29) is 0 Å².